The van der Waals surface area contributed by atoms with Gasteiger partial charge in [-0.3, -0.25) is 9.48 Å². The van der Waals surface area contributed by atoms with E-state index < -0.39 is 0 Å². The van der Waals surface area contributed by atoms with Crippen molar-refractivity contribution in [2.45, 2.75) is 20.8 Å². The predicted molar refractivity (Wildman–Crippen MR) is 102 cm³/mol. The number of anilines is 1. The second kappa shape index (κ2) is 6.06. The van der Waals surface area contributed by atoms with E-state index in [0.29, 0.717) is 11.5 Å². The number of thiazole rings is 1. The zero-order chi connectivity index (χ0) is 18.4. The molecule has 3 aromatic heterocycles. The first-order valence-corrected chi connectivity index (χ1v) is 8.98. The van der Waals surface area contributed by atoms with E-state index >= 15 is 0 Å². The van der Waals surface area contributed by atoms with Crippen LogP contribution in [0.25, 0.3) is 15.3 Å². The number of rotatable bonds is 3. The highest BCUT2D eigenvalue weighted by molar-refractivity contribution is 7.20. The predicted octanol–water partition coefficient (Wildman–Crippen LogP) is 3.39. The lowest BCUT2D eigenvalue weighted by molar-refractivity contribution is 0.102. The molecule has 0 saturated heterocycles. The highest BCUT2D eigenvalue weighted by atomic mass is 32.1. The smallest absolute Gasteiger partial charge is 0.277 e. The maximum Gasteiger partial charge on any atom is 0.277 e. The zero-order valence-corrected chi connectivity index (χ0v) is 15.8. The molecule has 1 aromatic carbocycles. The van der Waals surface area contributed by atoms with Crippen molar-refractivity contribution in [3.63, 3.8) is 0 Å². The molecule has 7 nitrogen and oxygen atoms in total. The number of carbonyl (C=O) groups excluding carboxylic acids is 1. The third-order valence-corrected chi connectivity index (χ3v) is 5.00. The molecule has 8 heteroatoms. The van der Waals surface area contributed by atoms with Crippen LogP contribution in [-0.4, -0.2) is 30.5 Å². The first-order valence-electron chi connectivity index (χ1n) is 8.16. The number of nitrogens with zero attached hydrogens (tertiary/aromatic N) is 5. The van der Waals surface area contributed by atoms with Crippen molar-refractivity contribution in [1.29, 1.82) is 0 Å². The van der Waals surface area contributed by atoms with Crippen molar-refractivity contribution in [2.75, 3.05) is 5.32 Å². The molecule has 0 radical (unpaired) electrons. The SMILES string of the molecule is Cc1cc(C)c2nc(-n3nc(C)cc3NC(=O)c3ccn(C)n3)sc2c1. The molecule has 0 aliphatic heterocycles. The highest BCUT2D eigenvalue weighted by Crippen LogP contribution is 2.30. The van der Waals surface area contributed by atoms with Crippen molar-refractivity contribution in [1.82, 2.24) is 24.5 Å². The van der Waals surface area contributed by atoms with Gasteiger partial charge in [-0.2, -0.15) is 14.9 Å². The molecule has 0 unspecified atom stereocenters. The number of hydrogen-bond acceptors (Lipinski definition) is 5. The summed E-state index contributed by atoms with van der Waals surface area (Å²) in [7, 11) is 1.77. The van der Waals surface area contributed by atoms with Crippen LogP contribution in [0.1, 0.15) is 27.3 Å². The van der Waals surface area contributed by atoms with E-state index in [1.165, 1.54) is 5.56 Å². The van der Waals surface area contributed by atoms with Gasteiger partial charge in [0.1, 0.15) is 5.82 Å². The minimum absolute atomic E-state index is 0.278. The highest BCUT2D eigenvalue weighted by Gasteiger charge is 2.17. The van der Waals surface area contributed by atoms with E-state index in [9.17, 15) is 4.79 Å². The van der Waals surface area contributed by atoms with Gasteiger partial charge in [-0.25, -0.2) is 4.98 Å². The first-order chi connectivity index (χ1) is 12.4. The van der Waals surface area contributed by atoms with Crippen LogP contribution in [0.3, 0.4) is 0 Å². The van der Waals surface area contributed by atoms with E-state index in [-0.39, 0.29) is 5.91 Å². The Morgan fingerprint density at radius 2 is 1.96 bits per heavy atom. The lowest BCUT2D eigenvalue weighted by atomic mass is 10.1. The minimum Gasteiger partial charge on any atom is -0.305 e. The molecule has 0 aliphatic carbocycles. The molecule has 1 N–H and O–H groups in total. The molecule has 0 fully saturated rings. The summed E-state index contributed by atoms with van der Waals surface area (Å²) in [5, 5.41) is 12.2. The molecule has 0 aliphatic rings. The summed E-state index contributed by atoms with van der Waals surface area (Å²) in [6, 6.07) is 7.73. The second-order valence-corrected chi connectivity index (χ2v) is 7.35. The normalized spacial score (nSPS) is 11.2. The Balaban J connectivity index is 1.74. The van der Waals surface area contributed by atoms with Gasteiger partial charge in [0.05, 0.1) is 15.9 Å². The molecular weight excluding hydrogens is 348 g/mol. The molecule has 0 saturated carbocycles. The van der Waals surface area contributed by atoms with E-state index in [0.717, 1.165) is 26.6 Å². The van der Waals surface area contributed by atoms with Gasteiger partial charge in [0, 0.05) is 19.3 Å². The molecule has 4 aromatic rings. The molecule has 0 atom stereocenters. The lowest BCUT2D eigenvalue weighted by Crippen LogP contribution is -2.16. The van der Waals surface area contributed by atoms with Gasteiger partial charge >= 0.3 is 0 Å². The third kappa shape index (κ3) is 2.88. The van der Waals surface area contributed by atoms with E-state index in [4.69, 9.17) is 4.98 Å². The molecule has 132 valence electrons. The van der Waals surface area contributed by atoms with Crippen LogP contribution < -0.4 is 5.32 Å². The van der Waals surface area contributed by atoms with Crippen molar-refractivity contribution >= 4 is 33.3 Å². The number of aryl methyl sites for hydroxylation is 4. The average Bonchev–Trinajstić information content (AvgIpc) is 3.25. The number of benzene rings is 1. The molecular formula is C18H18N6OS. The molecule has 0 spiro atoms. The Labute approximate surface area is 154 Å². The summed E-state index contributed by atoms with van der Waals surface area (Å²) in [5.41, 5.74) is 4.45. The number of aromatic nitrogens is 5. The quantitative estimate of drug-likeness (QED) is 0.603. The van der Waals surface area contributed by atoms with Crippen molar-refractivity contribution in [2.24, 2.45) is 7.05 Å². The van der Waals surface area contributed by atoms with Crippen LogP contribution in [0, 0.1) is 20.8 Å². The summed E-state index contributed by atoms with van der Waals surface area (Å²) >= 11 is 1.55. The van der Waals surface area contributed by atoms with Crippen molar-refractivity contribution < 1.29 is 4.79 Å². The fourth-order valence-corrected chi connectivity index (χ4v) is 4.01. The fourth-order valence-electron chi connectivity index (χ4n) is 2.90. The summed E-state index contributed by atoms with van der Waals surface area (Å²) in [6.45, 7) is 6.01. The Morgan fingerprint density at radius 1 is 1.15 bits per heavy atom. The van der Waals surface area contributed by atoms with Gasteiger partial charge in [0.25, 0.3) is 5.91 Å². The Bertz CT molecular complexity index is 1140. The minimum atomic E-state index is -0.278. The largest absolute Gasteiger partial charge is 0.305 e. The summed E-state index contributed by atoms with van der Waals surface area (Å²) in [6.07, 6.45) is 1.73. The van der Waals surface area contributed by atoms with Crippen LogP contribution in [0.5, 0.6) is 0 Å². The monoisotopic (exact) mass is 366 g/mol. The number of hydrogen-bond donors (Lipinski definition) is 1. The van der Waals surface area contributed by atoms with Crippen molar-refractivity contribution in [3.05, 3.63) is 53.0 Å². The standard InChI is InChI=1S/C18H18N6OS/c1-10-7-11(2)16-14(8-10)26-18(20-16)24-15(9-12(3)21-24)19-17(25)13-5-6-23(4)22-13/h5-9H,1-4H3,(H,19,25). The van der Waals surface area contributed by atoms with Crippen LogP contribution in [0.2, 0.25) is 0 Å². The maximum absolute atomic E-state index is 12.4. The maximum atomic E-state index is 12.4. The molecule has 1 amide bonds. The molecule has 3 heterocycles. The van der Waals surface area contributed by atoms with Gasteiger partial charge < -0.3 is 5.32 Å². The fraction of sp³-hybridized carbons (Fsp3) is 0.222. The third-order valence-electron chi connectivity index (χ3n) is 4.02. The number of amides is 1. The van der Waals surface area contributed by atoms with E-state index in [2.05, 4.69) is 41.5 Å². The van der Waals surface area contributed by atoms with Crippen LogP contribution in [0.4, 0.5) is 5.82 Å². The number of fused-ring (bicyclic) bond motifs is 1. The number of carbonyl (C=O) groups is 1. The summed E-state index contributed by atoms with van der Waals surface area (Å²) < 4.78 is 4.37. The summed E-state index contributed by atoms with van der Waals surface area (Å²) in [5.74, 6) is 0.298. The van der Waals surface area contributed by atoms with E-state index in [1.54, 1.807) is 40.0 Å². The zero-order valence-electron chi connectivity index (χ0n) is 14.9. The molecule has 0 bridgehead atoms. The Morgan fingerprint density at radius 3 is 2.69 bits per heavy atom. The van der Waals surface area contributed by atoms with Crippen LogP contribution >= 0.6 is 11.3 Å². The first kappa shape index (κ1) is 16.5. The molecule has 4 rings (SSSR count). The Kier molecular flexibility index (Phi) is 3.84. The lowest BCUT2D eigenvalue weighted by Gasteiger charge is -2.04. The van der Waals surface area contributed by atoms with Gasteiger partial charge in [0.2, 0.25) is 5.13 Å². The summed E-state index contributed by atoms with van der Waals surface area (Å²) in [4.78, 5) is 17.2. The van der Waals surface area contributed by atoms with Gasteiger partial charge in [0.15, 0.2) is 5.69 Å². The molecule has 26 heavy (non-hydrogen) atoms. The Hall–Kier alpha value is -3.00. The van der Waals surface area contributed by atoms with Gasteiger partial charge in [-0.05, 0) is 44.0 Å². The van der Waals surface area contributed by atoms with Crippen LogP contribution in [0.15, 0.2) is 30.5 Å². The van der Waals surface area contributed by atoms with Gasteiger partial charge in [-0.1, -0.05) is 17.4 Å². The van der Waals surface area contributed by atoms with Gasteiger partial charge in [-0.15, -0.1) is 0 Å². The van der Waals surface area contributed by atoms with Crippen LogP contribution in [-0.2, 0) is 7.05 Å². The van der Waals surface area contributed by atoms with Crippen molar-refractivity contribution in [3.8, 4) is 5.13 Å². The second-order valence-electron chi connectivity index (χ2n) is 6.34. The number of nitrogens with one attached hydrogen (secondary N) is 1. The topological polar surface area (TPSA) is 77.6 Å². The van der Waals surface area contributed by atoms with E-state index in [1.807, 2.05) is 13.0 Å². The average molecular weight is 366 g/mol.